The van der Waals surface area contributed by atoms with Gasteiger partial charge in [-0.3, -0.25) is 14.7 Å². The smallest absolute Gasteiger partial charge is 0.345 e. The van der Waals surface area contributed by atoms with Crippen LogP contribution in [0.4, 0.5) is 5.82 Å². The molecular formula is C16H12N6O4. The number of carbonyl (C=O) groups excluding carboxylic acids is 1. The highest BCUT2D eigenvalue weighted by Gasteiger charge is 2.22. The molecule has 130 valence electrons. The second-order valence-corrected chi connectivity index (χ2v) is 5.46. The molecule has 0 unspecified atom stereocenters. The van der Waals surface area contributed by atoms with Gasteiger partial charge in [0.05, 0.1) is 23.7 Å². The largest absolute Gasteiger partial charge is 0.465 e. The number of esters is 1. The summed E-state index contributed by atoms with van der Waals surface area (Å²) in [6, 6.07) is 6.94. The van der Waals surface area contributed by atoms with Crippen molar-refractivity contribution in [2.75, 3.05) is 12.8 Å². The summed E-state index contributed by atoms with van der Waals surface area (Å²) in [6.07, 6.45) is 1.18. The average molecular weight is 352 g/mol. The number of ether oxygens (including phenoxy) is 1. The molecule has 0 saturated carbocycles. The normalized spacial score (nSPS) is 11.1. The fourth-order valence-corrected chi connectivity index (χ4v) is 2.71. The number of nitrogens with two attached hydrogens (primary N) is 1. The van der Waals surface area contributed by atoms with Crippen molar-refractivity contribution in [3.05, 3.63) is 56.7 Å². The molecule has 0 aliphatic heterocycles. The fraction of sp³-hybridized carbons (Fsp3) is 0.0625. The van der Waals surface area contributed by atoms with Crippen LogP contribution in [0.5, 0.6) is 0 Å². The molecule has 3 aromatic heterocycles. The third-order valence-corrected chi connectivity index (χ3v) is 3.93. The minimum absolute atomic E-state index is 0.000294. The lowest BCUT2D eigenvalue weighted by Crippen LogP contribution is -2.22. The summed E-state index contributed by atoms with van der Waals surface area (Å²) >= 11 is 0. The number of methoxy groups -OCH3 is 1. The zero-order valence-electron chi connectivity index (χ0n) is 13.4. The van der Waals surface area contributed by atoms with E-state index in [0.717, 1.165) is 4.52 Å². The summed E-state index contributed by atoms with van der Waals surface area (Å²) in [5.41, 5.74) is 5.50. The molecule has 0 amide bonds. The number of para-hydroxylation sites is 2. The van der Waals surface area contributed by atoms with E-state index in [9.17, 15) is 14.4 Å². The van der Waals surface area contributed by atoms with E-state index < -0.39 is 17.1 Å². The minimum Gasteiger partial charge on any atom is -0.465 e. The Morgan fingerprint density at radius 1 is 1.27 bits per heavy atom. The Labute approximate surface area is 144 Å². The third kappa shape index (κ3) is 2.16. The standard InChI is InChI=1S/C16H12N6O4/c1-26-16(25)10-12(17)21-22-13(10)18-6-7(15(22)24)11-14(23)20-9-5-3-2-4-8(9)19-11/h2-6,21H,17H2,1H3,(H,20,23). The van der Waals surface area contributed by atoms with Gasteiger partial charge in [-0.05, 0) is 12.1 Å². The second-order valence-electron chi connectivity index (χ2n) is 5.46. The van der Waals surface area contributed by atoms with Crippen molar-refractivity contribution in [2.45, 2.75) is 0 Å². The molecule has 0 bridgehead atoms. The van der Waals surface area contributed by atoms with Crippen molar-refractivity contribution in [3.8, 4) is 11.3 Å². The maximum Gasteiger partial charge on any atom is 0.345 e. The van der Waals surface area contributed by atoms with Crippen LogP contribution in [0.15, 0.2) is 40.1 Å². The number of rotatable bonds is 2. The van der Waals surface area contributed by atoms with Crippen LogP contribution >= 0.6 is 0 Å². The number of nitrogens with zero attached hydrogens (tertiary/aromatic N) is 3. The third-order valence-electron chi connectivity index (χ3n) is 3.93. The van der Waals surface area contributed by atoms with E-state index in [2.05, 4.69) is 24.8 Å². The van der Waals surface area contributed by atoms with Gasteiger partial charge in [0, 0.05) is 6.20 Å². The maximum absolute atomic E-state index is 12.8. The summed E-state index contributed by atoms with van der Waals surface area (Å²) in [7, 11) is 1.19. The van der Waals surface area contributed by atoms with E-state index >= 15 is 0 Å². The molecule has 0 aliphatic carbocycles. The zero-order valence-corrected chi connectivity index (χ0v) is 13.4. The molecular weight excluding hydrogens is 340 g/mol. The monoisotopic (exact) mass is 352 g/mol. The van der Waals surface area contributed by atoms with Gasteiger partial charge in [-0.2, -0.15) is 4.52 Å². The maximum atomic E-state index is 12.8. The zero-order chi connectivity index (χ0) is 18.4. The van der Waals surface area contributed by atoms with E-state index in [1.807, 2.05) is 0 Å². The number of nitrogen functional groups attached to an aromatic ring is 1. The van der Waals surface area contributed by atoms with Crippen LogP contribution in [0.2, 0.25) is 0 Å². The van der Waals surface area contributed by atoms with Crippen LogP contribution in [-0.4, -0.2) is 37.6 Å². The van der Waals surface area contributed by atoms with Gasteiger partial charge in [0.25, 0.3) is 11.1 Å². The lowest BCUT2D eigenvalue weighted by molar-refractivity contribution is 0.0604. The number of fused-ring (bicyclic) bond motifs is 2. The first-order valence-corrected chi connectivity index (χ1v) is 7.48. The predicted molar refractivity (Wildman–Crippen MR) is 92.9 cm³/mol. The quantitative estimate of drug-likeness (QED) is 0.439. The number of hydrogen-bond acceptors (Lipinski definition) is 7. The summed E-state index contributed by atoms with van der Waals surface area (Å²) < 4.78 is 5.62. The second kappa shape index (κ2) is 5.55. The van der Waals surface area contributed by atoms with Gasteiger partial charge < -0.3 is 15.5 Å². The van der Waals surface area contributed by atoms with E-state index in [0.29, 0.717) is 11.0 Å². The molecule has 0 radical (unpaired) electrons. The number of benzene rings is 1. The Kier molecular flexibility index (Phi) is 3.32. The van der Waals surface area contributed by atoms with Gasteiger partial charge in [-0.25, -0.2) is 14.8 Å². The number of aromatic nitrogens is 5. The SMILES string of the molecule is COC(=O)c1c(N)[nH]n2c(=O)c(-c3nc4ccccc4[nH]c3=O)cnc12. The highest BCUT2D eigenvalue weighted by Crippen LogP contribution is 2.18. The van der Waals surface area contributed by atoms with Crippen LogP contribution in [-0.2, 0) is 4.74 Å². The van der Waals surface area contributed by atoms with Crippen LogP contribution < -0.4 is 16.9 Å². The van der Waals surface area contributed by atoms with E-state index in [1.54, 1.807) is 24.3 Å². The molecule has 4 aromatic rings. The van der Waals surface area contributed by atoms with Gasteiger partial charge in [0.15, 0.2) is 5.65 Å². The molecule has 0 spiro atoms. The topological polar surface area (TPSA) is 148 Å². The van der Waals surface area contributed by atoms with Crippen LogP contribution in [0.1, 0.15) is 10.4 Å². The number of H-pyrrole nitrogens is 2. The molecule has 0 fully saturated rings. The van der Waals surface area contributed by atoms with Gasteiger partial charge in [-0.15, -0.1) is 0 Å². The van der Waals surface area contributed by atoms with Gasteiger partial charge in [0.1, 0.15) is 17.1 Å². The van der Waals surface area contributed by atoms with Crippen molar-refractivity contribution >= 4 is 28.5 Å². The van der Waals surface area contributed by atoms with Gasteiger partial charge in [-0.1, -0.05) is 12.1 Å². The van der Waals surface area contributed by atoms with Gasteiger partial charge >= 0.3 is 5.97 Å². The first kappa shape index (κ1) is 15.6. The molecule has 4 N–H and O–H groups in total. The highest BCUT2D eigenvalue weighted by atomic mass is 16.5. The van der Waals surface area contributed by atoms with Crippen molar-refractivity contribution in [2.24, 2.45) is 0 Å². The Morgan fingerprint density at radius 2 is 2.04 bits per heavy atom. The molecule has 0 atom stereocenters. The summed E-state index contributed by atoms with van der Waals surface area (Å²) in [5, 5.41) is 2.56. The van der Waals surface area contributed by atoms with Gasteiger partial charge in [0.2, 0.25) is 0 Å². The first-order valence-electron chi connectivity index (χ1n) is 7.48. The fourth-order valence-electron chi connectivity index (χ4n) is 2.71. The predicted octanol–water partition coefficient (Wildman–Crippen LogP) is 0.295. The Balaban J connectivity index is 2.01. The molecule has 4 rings (SSSR count). The number of hydrogen-bond donors (Lipinski definition) is 3. The molecule has 10 heteroatoms. The first-order chi connectivity index (χ1) is 12.5. The molecule has 10 nitrogen and oxygen atoms in total. The molecule has 3 heterocycles. The number of nitrogens with one attached hydrogen (secondary N) is 2. The minimum atomic E-state index is -0.734. The Hall–Kier alpha value is -3.95. The Bertz CT molecular complexity index is 1300. The molecule has 26 heavy (non-hydrogen) atoms. The number of anilines is 1. The van der Waals surface area contributed by atoms with Crippen molar-refractivity contribution in [3.63, 3.8) is 0 Å². The van der Waals surface area contributed by atoms with Crippen molar-refractivity contribution in [1.29, 1.82) is 0 Å². The van der Waals surface area contributed by atoms with Crippen LogP contribution in [0, 0.1) is 0 Å². The van der Waals surface area contributed by atoms with E-state index in [1.165, 1.54) is 13.3 Å². The number of carbonyl (C=O) groups is 1. The molecule has 0 aliphatic rings. The van der Waals surface area contributed by atoms with E-state index in [-0.39, 0.29) is 28.3 Å². The van der Waals surface area contributed by atoms with Crippen molar-refractivity contribution in [1.82, 2.24) is 24.6 Å². The summed E-state index contributed by atoms with van der Waals surface area (Å²) in [6.45, 7) is 0. The summed E-state index contributed by atoms with van der Waals surface area (Å²) in [4.78, 5) is 48.0. The Morgan fingerprint density at radius 3 is 2.81 bits per heavy atom. The molecule has 0 saturated heterocycles. The lowest BCUT2D eigenvalue weighted by Gasteiger charge is -2.03. The van der Waals surface area contributed by atoms with Crippen LogP contribution in [0.3, 0.4) is 0 Å². The van der Waals surface area contributed by atoms with Crippen LogP contribution in [0.25, 0.3) is 27.9 Å². The average Bonchev–Trinajstić information content (AvgIpc) is 2.98. The highest BCUT2D eigenvalue weighted by molar-refractivity contribution is 6.00. The number of aromatic amines is 2. The molecule has 1 aromatic carbocycles. The van der Waals surface area contributed by atoms with Crippen molar-refractivity contribution < 1.29 is 9.53 Å². The summed E-state index contributed by atoms with van der Waals surface area (Å²) in [5.74, 6) is -0.804. The van der Waals surface area contributed by atoms with E-state index in [4.69, 9.17) is 5.73 Å². The lowest BCUT2D eigenvalue weighted by atomic mass is 10.2.